The van der Waals surface area contributed by atoms with Gasteiger partial charge in [-0.25, -0.2) is 4.68 Å². The summed E-state index contributed by atoms with van der Waals surface area (Å²) < 4.78 is 11.5. The molecule has 2 N–H and O–H groups in total. The second-order valence-corrected chi connectivity index (χ2v) is 6.18. The molecule has 2 aromatic heterocycles. The molecule has 0 aliphatic carbocycles. The minimum Gasteiger partial charge on any atom is -0.497 e. The number of ether oxygens (including phenoxy) is 2. The van der Waals surface area contributed by atoms with Crippen molar-refractivity contribution in [2.24, 2.45) is 0 Å². The average Bonchev–Trinajstić information content (AvgIpc) is 3.10. The number of H-pyrrole nitrogens is 1. The van der Waals surface area contributed by atoms with Crippen molar-refractivity contribution in [3.8, 4) is 11.5 Å². The van der Waals surface area contributed by atoms with E-state index >= 15 is 0 Å². The van der Waals surface area contributed by atoms with E-state index in [2.05, 4.69) is 15.4 Å². The van der Waals surface area contributed by atoms with Gasteiger partial charge in [0.2, 0.25) is 5.91 Å². The van der Waals surface area contributed by atoms with Crippen LogP contribution in [0.2, 0.25) is 0 Å². The van der Waals surface area contributed by atoms with Gasteiger partial charge in [-0.3, -0.25) is 9.59 Å². The first kappa shape index (κ1) is 17.6. The van der Waals surface area contributed by atoms with Gasteiger partial charge in [0, 0.05) is 22.4 Å². The number of carbonyl (C=O) groups excluding carboxylic acids is 1. The highest BCUT2D eigenvalue weighted by Crippen LogP contribution is 2.29. The number of hydrogen-bond acceptors (Lipinski definition) is 5. The zero-order valence-electron chi connectivity index (χ0n) is 15.4. The van der Waals surface area contributed by atoms with Crippen molar-refractivity contribution in [1.29, 1.82) is 0 Å². The van der Waals surface area contributed by atoms with Gasteiger partial charge in [-0.1, -0.05) is 18.2 Å². The highest BCUT2D eigenvalue weighted by molar-refractivity contribution is 6.06. The van der Waals surface area contributed by atoms with Gasteiger partial charge in [-0.2, -0.15) is 5.10 Å². The van der Waals surface area contributed by atoms with Crippen LogP contribution in [0.5, 0.6) is 11.5 Å². The Morgan fingerprint density at radius 1 is 1.14 bits per heavy atom. The van der Waals surface area contributed by atoms with Crippen molar-refractivity contribution >= 4 is 33.4 Å². The SMILES string of the molecule is COc1ccc(NC(=O)Cn2ncc3c([nH]c4ccccc43)c2=O)c(OC)c1. The Balaban J connectivity index is 1.61. The quantitative estimate of drug-likeness (QED) is 0.556. The molecule has 28 heavy (non-hydrogen) atoms. The molecule has 0 saturated heterocycles. The number of rotatable bonds is 5. The maximum atomic E-state index is 12.7. The average molecular weight is 378 g/mol. The van der Waals surface area contributed by atoms with Crippen LogP contribution in [0.4, 0.5) is 5.69 Å². The van der Waals surface area contributed by atoms with E-state index in [4.69, 9.17) is 9.47 Å². The molecule has 8 nitrogen and oxygen atoms in total. The molecule has 4 rings (SSSR count). The van der Waals surface area contributed by atoms with E-state index in [1.807, 2.05) is 24.3 Å². The molecule has 142 valence electrons. The Morgan fingerprint density at radius 2 is 1.96 bits per heavy atom. The van der Waals surface area contributed by atoms with Crippen LogP contribution >= 0.6 is 0 Å². The van der Waals surface area contributed by atoms with Crippen LogP contribution in [0, 0.1) is 0 Å². The van der Waals surface area contributed by atoms with E-state index in [0.717, 1.165) is 21.0 Å². The molecule has 0 fully saturated rings. The molecule has 2 aromatic carbocycles. The molecule has 0 bridgehead atoms. The van der Waals surface area contributed by atoms with Crippen LogP contribution in [0.1, 0.15) is 0 Å². The summed E-state index contributed by atoms with van der Waals surface area (Å²) in [5, 5.41) is 8.53. The molecule has 0 radical (unpaired) electrons. The predicted octanol–water partition coefficient (Wildman–Crippen LogP) is 2.53. The summed E-state index contributed by atoms with van der Waals surface area (Å²) in [7, 11) is 3.05. The summed E-state index contributed by atoms with van der Waals surface area (Å²) >= 11 is 0. The Kier molecular flexibility index (Phi) is 4.44. The number of para-hydroxylation sites is 1. The minimum absolute atomic E-state index is 0.223. The van der Waals surface area contributed by atoms with Crippen molar-refractivity contribution in [2.75, 3.05) is 19.5 Å². The number of anilines is 1. The number of aromatic nitrogens is 3. The Labute approximate surface area is 159 Å². The molecule has 4 aromatic rings. The largest absolute Gasteiger partial charge is 0.497 e. The highest BCUT2D eigenvalue weighted by Gasteiger charge is 2.14. The molecule has 0 saturated carbocycles. The van der Waals surface area contributed by atoms with Gasteiger partial charge in [-0.15, -0.1) is 0 Å². The number of fused-ring (bicyclic) bond motifs is 3. The third-order valence-electron chi connectivity index (χ3n) is 4.50. The molecule has 0 atom stereocenters. The summed E-state index contributed by atoms with van der Waals surface area (Å²) in [6.45, 7) is -0.223. The van der Waals surface area contributed by atoms with Crippen molar-refractivity contribution in [1.82, 2.24) is 14.8 Å². The monoisotopic (exact) mass is 378 g/mol. The molecule has 0 aliphatic heterocycles. The summed E-state index contributed by atoms with van der Waals surface area (Å²) in [6, 6.07) is 12.6. The maximum Gasteiger partial charge on any atom is 0.291 e. The molecule has 0 spiro atoms. The molecule has 2 heterocycles. The molecule has 0 unspecified atom stereocenters. The summed E-state index contributed by atoms with van der Waals surface area (Å²) in [6.07, 6.45) is 1.59. The van der Waals surface area contributed by atoms with Crippen LogP contribution in [-0.2, 0) is 11.3 Å². The Morgan fingerprint density at radius 3 is 2.75 bits per heavy atom. The highest BCUT2D eigenvalue weighted by atomic mass is 16.5. The molecule has 1 amide bonds. The van der Waals surface area contributed by atoms with Crippen molar-refractivity contribution in [3.63, 3.8) is 0 Å². The standard InChI is InChI=1S/C20H18N4O4/c1-27-12-7-8-16(17(9-12)28-2)22-18(25)11-24-20(26)19-14(10-21-24)13-5-3-4-6-15(13)23-19/h3-10,23H,11H2,1-2H3,(H,22,25). The van der Waals surface area contributed by atoms with Gasteiger partial charge in [0.25, 0.3) is 5.56 Å². The summed E-state index contributed by atoms with van der Waals surface area (Å²) in [4.78, 5) is 28.3. The van der Waals surface area contributed by atoms with Gasteiger partial charge in [-0.05, 0) is 18.2 Å². The number of nitrogens with one attached hydrogen (secondary N) is 2. The number of nitrogens with zero attached hydrogens (tertiary/aromatic N) is 2. The van der Waals surface area contributed by atoms with Crippen LogP contribution in [0.3, 0.4) is 0 Å². The van der Waals surface area contributed by atoms with Gasteiger partial charge in [0.1, 0.15) is 23.6 Å². The fourth-order valence-corrected chi connectivity index (χ4v) is 3.12. The van der Waals surface area contributed by atoms with Gasteiger partial charge in [0.05, 0.1) is 26.1 Å². The number of hydrogen-bond donors (Lipinski definition) is 2. The van der Waals surface area contributed by atoms with Gasteiger partial charge < -0.3 is 19.8 Å². The van der Waals surface area contributed by atoms with E-state index < -0.39 is 5.91 Å². The molecule has 8 heteroatoms. The summed E-state index contributed by atoms with van der Waals surface area (Å²) in [5.41, 5.74) is 1.39. The van der Waals surface area contributed by atoms with Crippen molar-refractivity contribution in [3.05, 3.63) is 59.0 Å². The number of carbonyl (C=O) groups is 1. The lowest BCUT2D eigenvalue weighted by Gasteiger charge is -2.12. The number of aromatic amines is 1. The lowest BCUT2D eigenvalue weighted by Crippen LogP contribution is -2.29. The van der Waals surface area contributed by atoms with E-state index in [1.54, 1.807) is 31.5 Å². The van der Waals surface area contributed by atoms with Crippen LogP contribution in [-0.4, -0.2) is 34.9 Å². The first-order valence-corrected chi connectivity index (χ1v) is 8.59. The van der Waals surface area contributed by atoms with E-state index in [-0.39, 0.29) is 12.1 Å². The first-order chi connectivity index (χ1) is 13.6. The third-order valence-corrected chi connectivity index (χ3v) is 4.50. The van der Waals surface area contributed by atoms with Crippen LogP contribution in [0.15, 0.2) is 53.5 Å². The number of amides is 1. The molecular weight excluding hydrogens is 360 g/mol. The van der Waals surface area contributed by atoms with Crippen LogP contribution in [0.25, 0.3) is 21.8 Å². The van der Waals surface area contributed by atoms with E-state index in [0.29, 0.717) is 22.7 Å². The predicted molar refractivity (Wildman–Crippen MR) is 106 cm³/mol. The molecular formula is C20H18N4O4. The fourth-order valence-electron chi connectivity index (χ4n) is 3.12. The Bertz CT molecular complexity index is 1240. The second-order valence-electron chi connectivity index (χ2n) is 6.18. The normalized spacial score (nSPS) is 10.9. The smallest absolute Gasteiger partial charge is 0.291 e. The van der Waals surface area contributed by atoms with Crippen molar-refractivity contribution < 1.29 is 14.3 Å². The Hall–Kier alpha value is -3.81. The van der Waals surface area contributed by atoms with Crippen LogP contribution < -0.4 is 20.3 Å². The van der Waals surface area contributed by atoms with E-state index in [9.17, 15) is 9.59 Å². The van der Waals surface area contributed by atoms with Crippen molar-refractivity contribution in [2.45, 2.75) is 6.54 Å². The second kappa shape index (κ2) is 7.07. The number of benzene rings is 2. The third kappa shape index (κ3) is 3.05. The maximum absolute atomic E-state index is 12.7. The van der Waals surface area contributed by atoms with Gasteiger partial charge >= 0.3 is 0 Å². The molecule has 0 aliphatic rings. The van der Waals surface area contributed by atoms with E-state index in [1.165, 1.54) is 7.11 Å². The minimum atomic E-state index is -0.395. The topological polar surface area (TPSA) is 98.2 Å². The summed E-state index contributed by atoms with van der Waals surface area (Å²) in [5.74, 6) is 0.671. The zero-order chi connectivity index (χ0) is 19.7. The lowest BCUT2D eigenvalue weighted by atomic mass is 10.2. The zero-order valence-corrected chi connectivity index (χ0v) is 15.4. The lowest BCUT2D eigenvalue weighted by molar-refractivity contribution is -0.117. The fraction of sp³-hybridized carbons (Fsp3) is 0.150. The first-order valence-electron chi connectivity index (χ1n) is 8.59. The number of methoxy groups -OCH3 is 2. The van der Waals surface area contributed by atoms with Gasteiger partial charge in [0.15, 0.2) is 0 Å².